The van der Waals surface area contributed by atoms with E-state index < -0.39 is 5.97 Å². The number of aromatic nitrogens is 1. The summed E-state index contributed by atoms with van der Waals surface area (Å²) < 4.78 is 11.1. The van der Waals surface area contributed by atoms with Crippen LogP contribution in [0.1, 0.15) is 52.0 Å². The zero-order chi connectivity index (χ0) is 26.4. The highest BCUT2D eigenvalue weighted by molar-refractivity contribution is 6.39. The van der Waals surface area contributed by atoms with Crippen molar-refractivity contribution in [3.63, 3.8) is 0 Å². The molecule has 0 aliphatic carbocycles. The molecule has 8 nitrogen and oxygen atoms in total. The number of aryl methyl sites for hydroxylation is 1. The monoisotopic (exact) mass is 541 g/mol. The second-order valence-corrected chi connectivity index (χ2v) is 10.2. The van der Waals surface area contributed by atoms with E-state index in [0.717, 1.165) is 16.6 Å². The topological polar surface area (TPSA) is 100 Å². The Labute approximate surface area is 223 Å². The van der Waals surface area contributed by atoms with Crippen LogP contribution in [0.25, 0.3) is 22.2 Å². The molecule has 0 unspecified atom stereocenters. The highest BCUT2D eigenvalue weighted by Crippen LogP contribution is 2.39. The summed E-state index contributed by atoms with van der Waals surface area (Å²) in [5.41, 5.74) is 3.66. The molecule has 0 radical (unpaired) electrons. The van der Waals surface area contributed by atoms with E-state index in [1.165, 1.54) is 0 Å². The lowest BCUT2D eigenvalue weighted by molar-refractivity contribution is 0.0664. The van der Waals surface area contributed by atoms with Gasteiger partial charge in [0.2, 0.25) is 5.76 Å². The van der Waals surface area contributed by atoms with Gasteiger partial charge in [-0.05, 0) is 42.8 Å². The Kier molecular flexibility index (Phi) is 6.64. The van der Waals surface area contributed by atoms with Gasteiger partial charge in [-0.15, -0.1) is 0 Å². The van der Waals surface area contributed by atoms with Crippen LogP contribution in [0.2, 0.25) is 10.0 Å². The smallest absolute Gasteiger partial charge is 0.371 e. The first-order valence-electron chi connectivity index (χ1n) is 11.9. The molecule has 1 aliphatic rings. The number of hydrogen-bond acceptors (Lipinski definition) is 6. The average Bonchev–Trinajstić information content (AvgIpc) is 3.50. The Morgan fingerprint density at radius 1 is 1.05 bits per heavy atom. The van der Waals surface area contributed by atoms with E-state index in [1.807, 2.05) is 26.8 Å². The predicted molar refractivity (Wildman–Crippen MR) is 142 cm³/mol. The number of nitrogens with zero attached hydrogens (tertiary/aromatic N) is 3. The van der Waals surface area contributed by atoms with Crippen LogP contribution in [0.3, 0.4) is 0 Å². The highest BCUT2D eigenvalue weighted by atomic mass is 35.5. The highest BCUT2D eigenvalue weighted by Gasteiger charge is 2.33. The van der Waals surface area contributed by atoms with Gasteiger partial charge in [0.1, 0.15) is 16.8 Å². The second-order valence-electron chi connectivity index (χ2n) is 9.34. The third-order valence-corrected chi connectivity index (χ3v) is 7.35. The van der Waals surface area contributed by atoms with Gasteiger partial charge in [-0.3, -0.25) is 4.79 Å². The summed E-state index contributed by atoms with van der Waals surface area (Å²) in [6, 6.07) is 10.4. The van der Waals surface area contributed by atoms with E-state index in [9.17, 15) is 14.7 Å². The van der Waals surface area contributed by atoms with Crippen LogP contribution in [0.4, 0.5) is 5.69 Å². The average molecular weight is 542 g/mol. The molecule has 2 aromatic heterocycles. The molecule has 1 aliphatic heterocycles. The molecule has 0 atom stereocenters. The van der Waals surface area contributed by atoms with Crippen LogP contribution < -0.4 is 4.90 Å². The number of fused-ring (bicyclic) bond motifs is 1. The number of piperazine rings is 1. The molecule has 1 saturated heterocycles. The summed E-state index contributed by atoms with van der Waals surface area (Å²) >= 11 is 12.9. The van der Waals surface area contributed by atoms with Gasteiger partial charge in [-0.1, -0.05) is 48.3 Å². The largest absolute Gasteiger partial charge is 0.475 e. The van der Waals surface area contributed by atoms with Crippen LogP contribution in [-0.2, 0) is 0 Å². The number of halogens is 2. The van der Waals surface area contributed by atoms with Gasteiger partial charge in [0, 0.05) is 48.7 Å². The van der Waals surface area contributed by atoms with E-state index in [4.69, 9.17) is 32.1 Å². The van der Waals surface area contributed by atoms with Crippen molar-refractivity contribution in [3.8, 4) is 11.3 Å². The Morgan fingerprint density at radius 2 is 1.73 bits per heavy atom. The number of furan rings is 1. The fraction of sp³-hybridized carbons (Fsp3) is 0.296. The third kappa shape index (κ3) is 4.45. The number of anilines is 1. The number of carboxylic acids is 1. The quantitative estimate of drug-likeness (QED) is 0.308. The first kappa shape index (κ1) is 25.2. The molecule has 0 bridgehead atoms. The van der Waals surface area contributed by atoms with Gasteiger partial charge in [-0.2, -0.15) is 0 Å². The van der Waals surface area contributed by atoms with E-state index in [2.05, 4.69) is 10.1 Å². The van der Waals surface area contributed by atoms with Crippen LogP contribution in [0.5, 0.6) is 0 Å². The molecule has 2 aromatic carbocycles. The van der Waals surface area contributed by atoms with Gasteiger partial charge in [-0.25, -0.2) is 4.79 Å². The zero-order valence-corrected chi connectivity index (χ0v) is 22.1. The van der Waals surface area contributed by atoms with Crippen LogP contribution in [0, 0.1) is 6.92 Å². The molecule has 1 amide bonds. The Morgan fingerprint density at radius 3 is 2.35 bits per heavy atom. The van der Waals surface area contributed by atoms with Crippen molar-refractivity contribution in [2.75, 3.05) is 31.1 Å². The molecule has 37 heavy (non-hydrogen) atoms. The minimum Gasteiger partial charge on any atom is -0.475 e. The van der Waals surface area contributed by atoms with Crippen molar-refractivity contribution in [2.45, 2.75) is 26.7 Å². The molecule has 10 heteroatoms. The van der Waals surface area contributed by atoms with Crippen molar-refractivity contribution in [2.24, 2.45) is 0 Å². The van der Waals surface area contributed by atoms with E-state index in [0.29, 0.717) is 64.4 Å². The van der Waals surface area contributed by atoms with Crippen molar-refractivity contribution in [1.29, 1.82) is 0 Å². The normalized spacial score (nSPS) is 14.1. The van der Waals surface area contributed by atoms with Gasteiger partial charge < -0.3 is 23.8 Å². The van der Waals surface area contributed by atoms with Gasteiger partial charge in [0.05, 0.1) is 10.0 Å². The summed E-state index contributed by atoms with van der Waals surface area (Å²) in [6.45, 7) is 8.01. The summed E-state index contributed by atoms with van der Waals surface area (Å²) in [5.74, 6) is -0.939. The summed E-state index contributed by atoms with van der Waals surface area (Å²) in [4.78, 5) is 29.1. The van der Waals surface area contributed by atoms with Crippen LogP contribution in [0.15, 0.2) is 45.3 Å². The maximum Gasteiger partial charge on any atom is 0.371 e. The van der Waals surface area contributed by atoms with Gasteiger partial charge >= 0.3 is 5.97 Å². The van der Waals surface area contributed by atoms with Crippen molar-refractivity contribution in [3.05, 3.63) is 69.1 Å². The first-order chi connectivity index (χ1) is 17.7. The third-order valence-electron chi connectivity index (χ3n) is 6.72. The molecule has 0 spiro atoms. The number of carbonyl (C=O) groups excluding carboxylic acids is 1. The number of hydrogen-bond donors (Lipinski definition) is 1. The molecule has 3 heterocycles. The maximum absolute atomic E-state index is 13.8. The van der Waals surface area contributed by atoms with Crippen molar-refractivity contribution >= 4 is 51.7 Å². The first-order valence-corrected chi connectivity index (χ1v) is 12.7. The van der Waals surface area contributed by atoms with Crippen LogP contribution >= 0.6 is 23.2 Å². The molecular formula is C27H25Cl2N3O5. The van der Waals surface area contributed by atoms with Gasteiger partial charge in [0.25, 0.3) is 5.91 Å². The molecule has 1 N–H and O–H groups in total. The lowest BCUT2D eigenvalue weighted by Crippen LogP contribution is -2.49. The Bertz CT molecular complexity index is 1500. The minimum absolute atomic E-state index is 0.0669. The number of aromatic carboxylic acids is 1. The summed E-state index contributed by atoms with van der Waals surface area (Å²) in [6.07, 6.45) is 0. The number of amides is 1. The number of benzene rings is 2. The molecule has 4 aromatic rings. The standard InChI is InChI=1S/C27H25Cl2N3O5/c1-14(2)25-23(24(30-37-25)22-17(28)5-4-6-18(22)29)26(33)32-11-9-31(10-12-32)19-7-8-20-16(15(19)3)13-21(36-20)27(34)35/h4-8,13-14H,9-12H2,1-3H3,(H,34,35). The van der Waals surface area contributed by atoms with E-state index >= 15 is 0 Å². The minimum atomic E-state index is -1.10. The molecule has 5 rings (SSSR count). The van der Waals surface area contributed by atoms with Crippen molar-refractivity contribution in [1.82, 2.24) is 10.1 Å². The van der Waals surface area contributed by atoms with Gasteiger partial charge in [0.15, 0.2) is 5.76 Å². The van der Waals surface area contributed by atoms with E-state index in [-0.39, 0.29) is 17.6 Å². The fourth-order valence-electron chi connectivity index (χ4n) is 4.79. The summed E-state index contributed by atoms with van der Waals surface area (Å²) in [5, 5.41) is 15.0. The number of carboxylic acid groups (broad SMARTS) is 1. The lowest BCUT2D eigenvalue weighted by Gasteiger charge is -2.37. The van der Waals surface area contributed by atoms with Crippen LogP contribution in [-0.4, -0.2) is 53.2 Å². The second kappa shape index (κ2) is 9.76. The number of rotatable bonds is 5. The summed E-state index contributed by atoms with van der Waals surface area (Å²) in [7, 11) is 0. The van der Waals surface area contributed by atoms with Crippen molar-refractivity contribution < 1.29 is 23.6 Å². The fourth-order valence-corrected chi connectivity index (χ4v) is 5.37. The maximum atomic E-state index is 13.8. The van der Waals surface area contributed by atoms with E-state index in [1.54, 1.807) is 35.2 Å². The number of carbonyl (C=O) groups is 2. The zero-order valence-electron chi connectivity index (χ0n) is 20.5. The molecule has 192 valence electrons. The SMILES string of the molecule is Cc1c(N2CCN(C(=O)c3c(-c4c(Cl)cccc4Cl)noc3C(C)C)CC2)ccc2oc(C(=O)O)cc12. The predicted octanol–water partition coefficient (Wildman–Crippen LogP) is 6.49. The Balaban J connectivity index is 1.41. The molecule has 1 fully saturated rings. The lowest BCUT2D eigenvalue weighted by atomic mass is 9.99. The Hall–Kier alpha value is -3.49. The molecule has 0 saturated carbocycles. The molecular weight excluding hydrogens is 517 g/mol.